The first kappa shape index (κ1) is 18.7. The molecule has 4 aliphatic rings. The number of imidazole rings is 1. The van der Waals surface area contributed by atoms with Gasteiger partial charge in [-0.25, -0.2) is 24.9 Å². The molecule has 0 spiro atoms. The average molecular weight is 419 g/mol. The molecule has 0 radical (unpaired) electrons. The van der Waals surface area contributed by atoms with Gasteiger partial charge in [0.05, 0.1) is 11.0 Å². The van der Waals surface area contributed by atoms with Gasteiger partial charge in [-0.05, 0) is 45.4 Å². The maximum Gasteiger partial charge on any atom is 0.228 e. The highest BCUT2D eigenvalue weighted by Gasteiger charge is 2.62. The lowest BCUT2D eigenvalue weighted by atomic mass is 9.44. The fraction of sp³-hybridized carbons (Fsp3) is 0.545. The molecule has 9 heteroatoms. The molecule has 0 unspecified atom stereocenters. The summed E-state index contributed by atoms with van der Waals surface area (Å²) in [6, 6.07) is 0.173. The molecule has 7 rings (SSSR count). The van der Waals surface area contributed by atoms with Crippen molar-refractivity contribution in [3.63, 3.8) is 0 Å². The first-order valence-corrected chi connectivity index (χ1v) is 11.1. The number of aryl methyl sites for hydroxylation is 2. The smallest absolute Gasteiger partial charge is 0.228 e. The SMILES string of the molecule is CCn1c(-c2cnc(C)nc2)nc2c(N[C@H]3CCN(C(=O)C45CC(C4)C5)C3)ncnc21. The van der Waals surface area contributed by atoms with Crippen LogP contribution >= 0.6 is 0 Å². The molecule has 2 bridgehead atoms. The minimum atomic E-state index is -0.00729. The van der Waals surface area contributed by atoms with Crippen molar-refractivity contribution in [2.45, 2.75) is 52.1 Å². The summed E-state index contributed by atoms with van der Waals surface area (Å²) in [5, 5.41) is 3.54. The number of carbonyl (C=O) groups excluding carboxylic acids is 1. The van der Waals surface area contributed by atoms with Gasteiger partial charge in [0.25, 0.3) is 0 Å². The van der Waals surface area contributed by atoms with Crippen molar-refractivity contribution >= 4 is 22.9 Å². The van der Waals surface area contributed by atoms with E-state index in [0.717, 1.165) is 85.4 Å². The Bertz CT molecular complexity index is 1150. The van der Waals surface area contributed by atoms with Crippen LogP contribution in [0.15, 0.2) is 18.7 Å². The van der Waals surface area contributed by atoms with Crippen LogP contribution in [-0.4, -0.2) is 59.4 Å². The van der Waals surface area contributed by atoms with Crippen LogP contribution in [0.25, 0.3) is 22.6 Å². The number of fused-ring (bicyclic) bond motifs is 1. The first-order valence-electron chi connectivity index (χ1n) is 11.1. The number of anilines is 1. The molecule has 3 aliphatic carbocycles. The molecule has 4 heterocycles. The lowest BCUT2D eigenvalue weighted by molar-refractivity contribution is -0.175. The minimum Gasteiger partial charge on any atom is -0.364 e. The van der Waals surface area contributed by atoms with E-state index in [0.29, 0.717) is 5.91 Å². The highest BCUT2D eigenvalue weighted by Crippen LogP contribution is 2.65. The van der Waals surface area contributed by atoms with Gasteiger partial charge in [0.1, 0.15) is 18.0 Å². The molecule has 1 saturated heterocycles. The number of likely N-dealkylation sites (tertiary alicyclic amines) is 1. The lowest BCUT2D eigenvalue weighted by Crippen LogP contribution is -2.60. The Morgan fingerprint density at radius 2 is 1.97 bits per heavy atom. The Labute approximate surface area is 180 Å². The number of aromatic nitrogens is 6. The van der Waals surface area contributed by atoms with Crippen molar-refractivity contribution in [2.75, 3.05) is 18.4 Å². The maximum absolute atomic E-state index is 12.9. The molecule has 3 saturated carbocycles. The predicted octanol–water partition coefficient (Wildman–Crippen LogP) is 2.42. The fourth-order valence-corrected chi connectivity index (χ4v) is 5.40. The Hall–Kier alpha value is -3.10. The average Bonchev–Trinajstić information content (AvgIpc) is 3.31. The fourth-order valence-electron chi connectivity index (χ4n) is 5.40. The summed E-state index contributed by atoms with van der Waals surface area (Å²) in [5.41, 5.74) is 2.37. The van der Waals surface area contributed by atoms with Gasteiger partial charge in [0.15, 0.2) is 17.0 Å². The van der Waals surface area contributed by atoms with E-state index in [-0.39, 0.29) is 11.5 Å². The van der Waals surface area contributed by atoms with Gasteiger partial charge in [0, 0.05) is 38.1 Å². The Morgan fingerprint density at radius 1 is 1.19 bits per heavy atom. The number of rotatable bonds is 5. The van der Waals surface area contributed by atoms with Crippen LogP contribution in [0.3, 0.4) is 0 Å². The zero-order valence-corrected chi connectivity index (χ0v) is 17.9. The van der Waals surface area contributed by atoms with Crippen molar-refractivity contribution in [3.05, 3.63) is 24.5 Å². The molecular formula is C22H26N8O. The standard InChI is InChI=1S/C22H26N8O/c1-3-30-19(15-9-23-13(2)24-10-15)28-17-18(25-12-26-20(17)30)27-16-4-5-29(11-16)21(31)22-6-14(7-22)8-22/h9-10,12,14,16H,3-8,11H2,1-2H3,(H,25,26,27)/t14?,16-,22?/m0/s1. The normalized spacial score (nSPS) is 26.6. The summed E-state index contributed by atoms with van der Waals surface area (Å²) in [6.45, 7) is 6.20. The van der Waals surface area contributed by atoms with Crippen LogP contribution < -0.4 is 5.32 Å². The number of nitrogens with one attached hydrogen (secondary N) is 1. The molecule has 1 amide bonds. The summed E-state index contributed by atoms with van der Waals surface area (Å²) in [6.07, 6.45) is 9.40. The second-order valence-electron chi connectivity index (χ2n) is 9.23. The second-order valence-corrected chi connectivity index (χ2v) is 9.23. The van der Waals surface area contributed by atoms with Crippen LogP contribution in [0, 0.1) is 18.3 Å². The molecule has 1 N–H and O–H groups in total. The summed E-state index contributed by atoms with van der Waals surface area (Å²) in [5.74, 6) is 3.41. The van der Waals surface area contributed by atoms with Crippen molar-refractivity contribution in [3.8, 4) is 11.4 Å². The number of hydrogen-bond acceptors (Lipinski definition) is 7. The topological polar surface area (TPSA) is 102 Å². The first-order chi connectivity index (χ1) is 15.1. The third kappa shape index (κ3) is 2.82. The lowest BCUT2D eigenvalue weighted by Gasteiger charge is -2.61. The van der Waals surface area contributed by atoms with Gasteiger partial charge < -0.3 is 14.8 Å². The zero-order valence-electron chi connectivity index (χ0n) is 17.9. The number of amides is 1. The Kier molecular flexibility index (Phi) is 4.03. The molecule has 31 heavy (non-hydrogen) atoms. The third-order valence-corrected chi connectivity index (χ3v) is 7.20. The van der Waals surface area contributed by atoms with Crippen LogP contribution in [0.2, 0.25) is 0 Å². The van der Waals surface area contributed by atoms with Gasteiger partial charge in [-0.1, -0.05) is 0 Å². The highest BCUT2D eigenvalue weighted by atomic mass is 16.2. The minimum absolute atomic E-state index is 0.00729. The molecule has 160 valence electrons. The maximum atomic E-state index is 12.9. The largest absolute Gasteiger partial charge is 0.364 e. The summed E-state index contributed by atoms with van der Waals surface area (Å²) < 4.78 is 2.06. The van der Waals surface area contributed by atoms with E-state index >= 15 is 0 Å². The molecule has 3 aromatic heterocycles. The second kappa shape index (κ2) is 6.70. The molecule has 9 nitrogen and oxygen atoms in total. The van der Waals surface area contributed by atoms with E-state index in [4.69, 9.17) is 4.98 Å². The van der Waals surface area contributed by atoms with Gasteiger partial charge in [-0.15, -0.1) is 0 Å². The summed E-state index contributed by atoms with van der Waals surface area (Å²) >= 11 is 0. The number of hydrogen-bond donors (Lipinski definition) is 1. The molecular weight excluding hydrogens is 392 g/mol. The summed E-state index contributed by atoms with van der Waals surface area (Å²) in [4.78, 5) is 37.4. The molecule has 1 atom stereocenters. The van der Waals surface area contributed by atoms with Gasteiger partial charge >= 0.3 is 0 Å². The zero-order chi connectivity index (χ0) is 21.2. The van der Waals surface area contributed by atoms with Crippen molar-refractivity contribution < 1.29 is 4.79 Å². The van der Waals surface area contributed by atoms with Crippen LogP contribution in [-0.2, 0) is 11.3 Å². The molecule has 4 fully saturated rings. The van der Waals surface area contributed by atoms with E-state index in [1.807, 2.05) is 11.8 Å². The molecule has 0 aromatic carbocycles. The van der Waals surface area contributed by atoms with Gasteiger partial charge in [-0.2, -0.15) is 0 Å². The Balaban J connectivity index is 1.26. The van der Waals surface area contributed by atoms with E-state index in [1.165, 1.54) is 0 Å². The predicted molar refractivity (Wildman–Crippen MR) is 115 cm³/mol. The van der Waals surface area contributed by atoms with E-state index < -0.39 is 0 Å². The van der Waals surface area contributed by atoms with E-state index in [2.05, 4.69) is 36.7 Å². The van der Waals surface area contributed by atoms with Crippen molar-refractivity contribution in [2.24, 2.45) is 11.3 Å². The van der Waals surface area contributed by atoms with Crippen LogP contribution in [0.4, 0.5) is 5.82 Å². The molecule has 1 aliphatic heterocycles. The van der Waals surface area contributed by atoms with Crippen molar-refractivity contribution in [1.29, 1.82) is 0 Å². The molecule has 3 aromatic rings. The van der Waals surface area contributed by atoms with Crippen LogP contribution in [0.5, 0.6) is 0 Å². The Morgan fingerprint density at radius 3 is 2.65 bits per heavy atom. The number of nitrogens with zero attached hydrogens (tertiary/aromatic N) is 7. The summed E-state index contributed by atoms with van der Waals surface area (Å²) in [7, 11) is 0. The number of carbonyl (C=O) groups is 1. The van der Waals surface area contributed by atoms with E-state index in [1.54, 1.807) is 18.7 Å². The van der Waals surface area contributed by atoms with Crippen molar-refractivity contribution in [1.82, 2.24) is 34.4 Å². The quantitative estimate of drug-likeness (QED) is 0.679. The third-order valence-electron chi connectivity index (χ3n) is 7.20. The van der Waals surface area contributed by atoms with Gasteiger partial charge in [0.2, 0.25) is 5.91 Å². The monoisotopic (exact) mass is 418 g/mol. The van der Waals surface area contributed by atoms with Crippen LogP contribution in [0.1, 0.15) is 38.4 Å². The highest BCUT2D eigenvalue weighted by molar-refractivity contribution is 5.87. The van der Waals surface area contributed by atoms with E-state index in [9.17, 15) is 4.79 Å². The van der Waals surface area contributed by atoms with Gasteiger partial charge in [-0.3, -0.25) is 4.79 Å².